The molecule has 0 unspecified atom stereocenters. The number of hydrogen-bond donors (Lipinski definition) is 1. The number of hydrogen-bond acceptors (Lipinski definition) is 1. The van der Waals surface area contributed by atoms with E-state index in [0.717, 1.165) is 6.42 Å². The highest BCUT2D eigenvalue weighted by molar-refractivity contribution is 4.74. The van der Waals surface area contributed by atoms with Crippen LogP contribution in [0.15, 0.2) is 0 Å². The molecule has 0 bridgehead atoms. The van der Waals surface area contributed by atoms with Crippen LogP contribution in [0.2, 0.25) is 0 Å². The van der Waals surface area contributed by atoms with E-state index in [4.69, 9.17) is 0 Å². The van der Waals surface area contributed by atoms with Crippen molar-refractivity contribution in [2.45, 2.75) is 77.2 Å². The van der Waals surface area contributed by atoms with Gasteiger partial charge in [-0.3, -0.25) is 0 Å². The van der Waals surface area contributed by atoms with Gasteiger partial charge >= 0.3 is 0 Å². The third kappa shape index (κ3) is 4.45. The van der Waals surface area contributed by atoms with E-state index in [1.165, 1.54) is 57.8 Å². The minimum Gasteiger partial charge on any atom is -0.393 e. The largest absolute Gasteiger partial charge is 0.393 e. The Balaban J connectivity index is 1.94. The predicted molar refractivity (Wildman–Crippen MR) is 61.3 cm³/mol. The molecule has 0 heterocycles. The molecule has 0 aromatic heterocycles. The zero-order valence-corrected chi connectivity index (χ0v) is 9.67. The summed E-state index contributed by atoms with van der Waals surface area (Å²) in [5.41, 5.74) is 0. The van der Waals surface area contributed by atoms with Gasteiger partial charge in [-0.1, -0.05) is 51.9 Å². The van der Waals surface area contributed by atoms with Crippen LogP contribution in [-0.2, 0) is 0 Å². The van der Waals surface area contributed by atoms with Crippen LogP contribution in [0.25, 0.3) is 0 Å². The standard InChI is InChI=1S/C13H26O/c1-2-3-4-5-6-11-13(14)12-9-7-8-10-12/h12-14H,2-11H2,1H3/t13-/m0/s1. The van der Waals surface area contributed by atoms with Crippen LogP contribution in [0.3, 0.4) is 0 Å². The second-order valence-electron chi connectivity index (χ2n) is 4.81. The number of aliphatic hydroxyl groups is 1. The Kier molecular flexibility index (Phi) is 6.25. The molecule has 0 aromatic rings. The molecule has 1 N–H and O–H groups in total. The van der Waals surface area contributed by atoms with E-state index in [9.17, 15) is 5.11 Å². The van der Waals surface area contributed by atoms with Crippen molar-refractivity contribution in [2.24, 2.45) is 5.92 Å². The van der Waals surface area contributed by atoms with Crippen LogP contribution in [0.5, 0.6) is 0 Å². The topological polar surface area (TPSA) is 20.2 Å². The lowest BCUT2D eigenvalue weighted by Gasteiger charge is -2.17. The van der Waals surface area contributed by atoms with E-state index in [0.29, 0.717) is 5.92 Å². The molecule has 14 heavy (non-hydrogen) atoms. The summed E-state index contributed by atoms with van der Waals surface area (Å²) < 4.78 is 0. The quantitative estimate of drug-likeness (QED) is 0.615. The van der Waals surface area contributed by atoms with E-state index in [-0.39, 0.29) is 6.10 Å². The maximum absolute atomic E-state index is 9.91. The molecule has 0 aromatic carbocycles. The van der Waals surface area contributed by atoms with Crippen LogP contribution in [0.4, 0.5) is 0 Å². The molecule has 1 aliphatic rings. The van der Waals surface area contributed by atoms with Gasteiger partial charge < -0.3 is 5.11 Å². The van der Waals surface area contributed by atoms with Crippen molar-refractivity contribution in [2.75, 3.05) is 0 Å². The van der Waals surface area contributed by atoms with Crippen molar-refractivity contribution < 1.29 is 5.11 Å². The van der Waals surface area contributed by atoms with Crippen LogP contribution >= 0.6 is 0 Å². The van der Waals surface area contributed by atoms with Crippen molar-refractivity contribution >= 4 is 0 Å². The molecule has 0 amide bonds. The molecule has 1 nitrogen and oxygen atoms in total. The second-order valence-corrected chi connectivity index (χ2v) is 4.81. The molecule has 0 aliphatic heterocycles. The molecular formula is C13H26O. The molecule has 0 spiro atoms. The van der Waals surface area contributed by atoms with E-state index in [2.05, 4.69) is 6.92 Å². The van der Waals surface area contributed by atoms with Gasteiger partial charge in [0.05, 0.1) is 6.10 Å². The fourth-order valence-electron chi connectivity index (χ4n) is 2.53. The van der Waals surface area contributed by atoms with Crippen molar-refractivity contribution in [1.29, 1.82) is 0 Å². The summed E-state index contributed by atoms with van der Waals surface area (Å²) in [4.78, 5) is 0. The van der Waals surface area contributed by atoms with Crippen molar-refractivity contribution in [3.05, 3.63) is 0 Å². The Labute approximate surface area is 88.9 Å². The van der Waals surface area contributed by atoms with Gasteiger partial charge in [0.25, 0.3) is 0 Å². The minimum atomic E-state index is 0.0131. The zero-order chi connectivity index (χ0) is 10.2. The minimum absolute atomic E-state index is 0.0131. The number of rotatable bonds is 7. The Morgan fingerprint density at radius 2 is 1.71 bits per heavy atom. The van der Waals surface area contributed by atoms with Crippen LogP contribution in [0.1, 0.15) is 71.1 Å². The maximum Gasteiger partial charge on any atom is 0.0568 e. The van der Waals surface area contributed by atoms with Gasteiger partial charge in [0.2, 0.25) is 0 Å². The monoisotopic (exact) mass is 198 g/mol. The molecule has 1 rings (SSSR count). The van der Waals surface area contributed by atoms with Crippen molar-refractivity contribution in [3.63, 3.8) is 0 Å². The summed E-state index contributed by atoms with van der Waals surface area (Å²) in [6.07, 6.45) is 12.9. The molecule has 1 atom stereocenters. The molecule has 1 aliphatic carbocycles. The number of aliphatic hydroxyl groups excluding tert-OH is 1. The SMILES string of the molecule is CCCCCCC[C@H](O)C1CCCC1. The summed E-state index contributed by atoms with van der Waals surface area (Å²) in [7, 11) is 0. The lowest BCUT2D eigenvalue weighted by Crippen LogP contribution is -2.17. The summed E-state index contributed by atoms with van der Waals surface area (Å²) in [5.74, 6) is 0.640. The first-order valence-electron chi connectivity index (χ1n) is 6.52. The van der Waals surface area contributed by atoms with E-state index in [1.54, 1.807) is 0 Å². The molecule has 1 heteroatoms. The summed E-state index contributed by atoms with van der Waals surface area (Å²) in [6.45, 7) is 2.24. The average molecular weight is 198 g/mol. The molecule has 0 saturated heterocycles. The second kappa shape index (κ2) is 7.28. The van der Waals surface area contributed by atoms with Gasteiger partial charge in [0.1, 0.15) is 0 Å². The van der Waals surface area contributed by atoms with E-state index >= 15 is 0 Å². The van der Waals surface area contributed by atoms with Gasteiger partial charge in [-0.2, -0.15) is 0 Å². The highest BCUT2D eigenvalue weighted by atomic mass is 16.3. The van der Waals surface area contributed by atoms with Gasteiger partial charge in [-0.15, -0.1) is 0 Å². The van der Waals surface area contributed by atoms with Gasteiger partial charge in [0.15, 0.2) is 0 Å². The third-order valence-electron chi connectivity index (χ3n) is 3.55. The molecule has 1 fully saturated rings. The Hall–Kier alpha value is -0.0400. The van der Waals surface area contributed by atoms with Gasteiger partial charge in [0, 0.05) is 0 Å². The summed E-state index contributed by atoms with van der Waals surface area (Å²) in [5, 5.41) is 9.91. The Morgan fingerprint density at radius 3 is 2.36 bits per heavy atom. The summed E-state index contributed by atoms with van der Waals surface area (Å²) >= 11 is 0. The Bertz CT molecular complexity index is 127. The van der Waals surface area contributed by atoms with E-state index in [1.807, 2.05) is 0 Å². The first-order valence-corrected chi connectivity index (χ1v) is 6.52. The van der Waals surface area contributed by atoms with Crippen molar-refractivity contribution in [1.82, 2.24) is 0 Å². The lowest BCUT2D eigenvalue weighted by atomic mass is 9.96. The molecule has 0 radical (unpaired) electrons. The smallest absolute Gasteiger partial charge is 0.0568 e. The fourth-order valence-corrected chi connectivity index (χ4v) is 2.53. The fraction of sp³-hybridized carbons (Fsp3) is 1.00. The Morgan fingerprint density at radius 1 is 1.07 bits per heavy atom. The van der Waals surface area contributed by atoms with Crippen LogP contribution in [0, 0.1) is 5.92 Å². The van der Waals surface area contributed by atoms with Gasteiger partial charge in [-0.05, 0) is 25.2 Å². The number of unbranched alkanes of at least 4 members (excludes halogenated alkanes) is 4. The zero-order valence-electron chi connectivity index (χ0n) is 9.67. The first-order chi connectivity index (χ1) is 6.84. The average Bonchev–Trinajstić information content (AvgIpc) is 2.70. The van der Waals surface area contributed by atoms with E-state index < -0.39 is 0 Å². The normalized spacial score (nSPS) is 20.1. The van der Waals surface area contributed by atoms with Gasteiger partial charge in [-0.25, -0.2) is 0 Å². The highest BCUT2D eigenvalue weighted by Crippen LogP contribution is 2.29. The lowest BCUT2D eigenvalue weighted by molar-refractivity contribution is 0.0989. The van der Waals surface area contributed by atoms with Crippen molar-refractivity contribution in [3.8, 4) is 0 Å². The molecule has 1 saturated carbocycles. The molecule has 84 valence electrons. The first kappa shape index (κ1) is 12.0. The summed E-state index contributed by atoms with van der Waals surface area (Å²) in [6, 6.07) is 0. The maximum atomic E-state index is 9.91. The third-order valence-corrected chi connectivity index (χ3v) is 3.55. The van der Waals surface area contributed by atoms with Crippen LogP contribution < -0.4 is 0 Å². The molecular weight excluding hydrogens is 172 g/mol. The van der Waals surface area contributed by atoms with Crippen LogP contribution in [-0.4, -0.2) is 11.2 Å². The predicted octanol–water partition coefficient (Wildman–Crippen LogP) is 3.90. The highest BCUT2D eigenvalue weighted by Gasteiger charge is 2.22.